The average molecular weight is 207 g/mol. The van der Waals surface area contributed by atoms with E-state index in [1.54, 1.807) is 17.8 Å². The lowest BCUT2D eigenvalue weighted by Crippen LogP contribution is -2.19. The van der Waals surface area contributed by atoms with E-state index >= 15 is 0 Å². The molecule has 0 fully saturated rings. The second kappa shape index (κ2) is 4.99. The molecule has 0 aliphatic heterocycles. The molecule has 0 spiro atoms. The lowest BCUT2D eigenvalue weighted by molar-refractivity contribution is 0.538. The Hall–Kier alpha value is -1.05. The van der Waals surface area contributed by atoms with Gasteiger partial charge in [0.15, 0.2) is 0 Å². The molecule has 1 aromatic carbocycles. The zero-order chi connectivity index (χ0) is 10.4. The fourth-order valence-corrected chi connectivity index (χ4v) is 1.87. The molecule has 74 valence electrons. The van der Waals surface area contributed by atoms with Crippen LogP contribution in [-0.4, -0.2) is 17.4 Å². The van der Waals surface area contributed by atoms with Crippen molar-refractivity contribution in [3.8, 4) is 0 Å². The molecule has 3 heteroatoms. The van der Waals surface area contributed by atoms with Crippen LogP contribution in [0, 0.1) is 0 Å². The van der Waals surface area contributed by atoms with Crippen molar-refractivity contribution < 1.29 is 4.79 Å². The van der Waals surface area contributed by atoms with Crippen molar-refractivity contribution in [3.05, 3.63) is 30.3 Å². The van der Waals surface area contributed by atoms with Gasteiger partial charge in [0.1, 0.15) is 0 Å². The van der Waals surface area contributed by atoms with Gasteiger partial charge in [0.05, 0.1) is 5.54 Å². The molecular formula is C11H13NOS. The fraction of sp³-hybridized carbons (Fsp3) is 0.364. The Morgan fingerprint density at radius 1 is 1.36 bits per heavy atom. The van der Waals surface area contributed by atoms with E-state index in [9.17, 15) is 4.79 Å². The van der Waals surface area contributed by atoms with Gasteiger partial charge >= 0.3 is 0 Å². The first-order valence-electron chi connectivity index (χ1n) is 4.41. The van der Waals surface area contributed by atoms with Crippen molar-refractivity contribution >= 4 is 17.8 Å². The van der Waals surface area contributed by atoms with E-state index in [0.717, 1.165) is 5.75 Å². The number of hydrogen-bond acceptors (Lipinski definition) is 3. The first-order valence-corrected chi connectivity index (χ1v) is 5.39. The van der Waals surface area contributed by atoms with Gasteiger partial charge in [-0.1, -0.05) is 18.2 Å². The smallest absolute Gasteiger partial charge is 0.211 e. The lowest BCUT2D eigenvalue weighted by atomic mass is 10.1. The molecule has 14 heavy (non-hydrogen) atoms. The minimum Gasteiger partial charge on any atom is -0.211 e. The highest BCUT2D eigenvalue weighted by molar-refractivity contribution is 7.99. The van der Waals surface area contributed by atoms with Gasteiger partial charge in [-0.2, -0.15) is 4.99 Å². The van der Waals surface area contributed by atoms with Gasteiger partial charge in [0, 0.05) is 10.6 Å². The van der Waals surface area contributed by atoms with Gasteiger partial charge in [-0.25, -0.2) is 4.79 Å². The summed E-state index contributed by atoms with van der Waals surface area (Å²) in [6.45, 7) is 3.85. The van der Waals surface area contributed by atoms with E-state index in [-0.39, 0.29) is 5.54 Å². The molecule has 1 rings (SSSR count). The molecule has 0 bridgehead atoms. The standard InChI is InChI=1S/C11H13NOS/c1-11(2,12-9-13)8-14-10-6-4-3-5-7-10/h3-7H,8H2,1-2H3. The summed E-state index contributed by atoms with van der Waals surface area (Å²) in [6.07, 6.45) is 1.61. The van der Waals surface area contributed by atoms with Crippen LogP contribution < -0.4 is 0 Å². The van der Waals surface area contributed by atoms with Crippen LogP contribution in [0.25, 0.3) is 0 Å². The van der Waals surface area contributed by atoms with Crippen molar-refractivity contribution in [2.75, 3.05) is 5.75 Å². The number of benzene rings is 1. The molecule has 0 saturated heterocycles. The third-order valence-electron chi connectivity index (χ3n) is 1.68. The highest BCUT2D eigenvalue weighted by Gasteiger charge is 2.16. The van der Waals surface area contributed by atoms with Crippen molar-refractivity contribution in [3.63, 3.8) is 0 Å². The zero-order valence-electron chi connectivity index (χ0n) is 8.36. The number of nitrogens with zero attached hydrogens (tertiary/aromatic N) is 1. The van der Waals surface area contributed by atoms with Crippen molar-refractivity contribution in [2.24, 2.45) is 4.99 Å². The second-order valence-electron chi connectivity index (χ2n) is 3.62. The minimum atomic E-state index is -0.331. The minimum absolute atomic E-state index is 0.331. The molecule has 0 amide bonds. The molecule has 0 radical (unpaired) electrons. The fourth-order valence-electron chi connectivity index (χ4n) is 0.933. The maximum Gasteiger partial charge on any atom is 0.235 e. The Balaban J connectivity index is 2.53. The molecule has 0 N–H and O–H groups in total. The Morgan fingerprint density at radius 3 is 2.57 bits per heavy atom. The van der Waals surface area contributed by atoms with E-state index < -0.39 is 0 Å². The summed E-state index contributed by atoms with van der Waals surface area (Å²) in [6, 6.07) is 10.1. The molecular weight excluding hydrogens is 194 g/mol. The summed E-state index contributed by atoms with van der Waals surface area (Å²) in [5, 5.41) is 0. The van der Waals surface area contributed by atoms with Gasteiger partial charge < -0.3 is 0 Å². The van der Waals surface area contributed by atoms with Crippen LogP contribution in [0.1, 0.15) is 13.8 Å². The van der Waals surface area contributed by atoms with E-state index in [1.165, 1.54) is 4.90 Å². The van der Waals surface area contributed by atoms with Crippen LogP contribution in [0.4, 0.5) is 0 Å². The predicted molar refractivity (Wildman–Crippen MR) is 59.4 cm³/mol. The van der Waals surface area contributed by atoms with Gasteiger partial charge in [0.2, 0.25) is 6.08 Å². The normalized spacial score (nSPS) is 10.7. The Morgan fingerprint density at radius 2 is 2.00 bits per heavy atom. The van der Waals surface area contributed by atoms with E-state index in [0.29, 0.717) is 0 Å². The topological polar surface area (TPSA) is 29.4 Å². The van der Waals surface area contributed by atoms with Crippen LogP contribution in [0.3, 0.4) is 0 Å². The summed E-state index contributed by atoms with van der Waals surface area (Å²) in [7, 11) is 0. The summed E-state index contributed by atoms with van der Waals surface area (Å²) < 4.78 is 0. The number of carbonyl (C=O) groups excluding carboxylic acids is 1. The summed E-state index contributed by atoms with van der Waals surface area (Å²) in [5.41, 5.74) is -0.331. The molecule has 0 aliphatic carbocycles. The quantitative estimate of drug-likeness (QED) is 0.431. The molecule has 0 heterocycles. The molecule has 1 aromatic rings. The average Bonchev–Trinajstić information content (AvgIpc) is 2.17. The molecule has 0 unspecified atom stereocenters. The molecule has 0 atom stereocenters. The van der Waals surface area contributed by atoms with E-state index in [1.807, 2.05) is 44.2 Å². The lowest BCUT2D eigenvalue weighted by Gasteiger charge is -2.16. The van der Waals surface area contributed by atoms with Crippen LogP contribution in [0.5, 0.6) is 0 Å². The SMILES string of the molecule is CC(C)(CSc1ccccc1)N=C=O. The largest absolute Gasteiger partial charge is 0.235 e. The van der Waals surface area contributed by atoms with Crippen molar-refractivity contribution in [1.82, 2.24) is 0 Å². The van der Waals surface area contributed by atoms with E-state index in [2.05, 4.69) is 4.99 Å². The first kappa shape index (κ1) is 11.0. The van der Waals surface area contributed by atoms with E-state index in [4.69, 9.17) is 0 Å². The van der Waals surface area contributed by atoms with Gasteiger partial charge in [-0.15, -0.1) is 11.8 Å². The van der Waals surface area contributed by atoms with Gasteiger partial charge in [-0.05, 0) is 26.0 Å². The van der Waals surface area contributed by atoms with Gasteiger partial charge in [-0.3, -0.25) is 0 Å². The van der Waals surface area contributed by atoms with Crippen molar-refractivity contribution in [2.45, 2.75) is 24.3 Å². The maximum absolute atomic E-state index is 10.1. The number of rotatable bonds is 4. The number of thioether (sulfide) groups is 1. The maximum atomic E-state index is 10.1. The number of aliphatic imine (C=N–C) groups is 1. The molecule has 0 saturated carbocycles. The Bertz CT molecular complexity index is 328. The van der Waals surface area contributed by atoms with Crippen LogP contribution >= 0.6 is 11.8 Å². The van der Waals surface area contributed by atoms with Crippen LogP contribution in [0.15, 0.2) is 40.2 Å². The zero-order valence-corrected chi connectivity index (χ0v) is 9.17. The van der Waals surface area contributed by atoms with Crippen LogP contribution in [-0.2, 0) is 4.79 Å². The highest BCUT2D eigenvalue weighted by Crippen LogP contribution is 2.23. The summed E-state index contributed by atoms with van der Waals surface area (Å²) in [5.74, 6) is 0.784. The third kappa shape index (κ3) is 3.77. The monoisotopic (exact) mass is 207 g/mol. The highest BCUT2D eigenvalue weighted by atomic mass is 32.2. The Labute approximate surface area is 88.4 Å². The van der Waals surface area contributed by atoms with Crippen LogP contribution in [0.2, 0.25) is 0 Å². The van der Waals surface area contributed by atoms with Crippen molar-refractivity contribution in [1.29, 1.82) is 0 Å². The molecule has 2 nitrogen and oxygen atoms in total. The first-order chi connectivity index (χ1) is 6.64. The molecule has 0 aliphatic rings. The Kier molecular flexibility index (Phi) is 3.93. The predicted octanol–water partition coefficient (Wildman–Crippen LogP) is 2.89. The number of hydrogen-bond donors (Lipinski definition) is 0. The summed E-state index contributed by atoms with van der Waals surface area (Å²) >= 11 is 1.69. The van der Waals surface area contributed by atoms with Gasteiger partial charge in [0.25, 0.3) is 0 Å². The second-order valence-corrected chi connectivity index (χ2v) is 4.67. The summed E-state index contributed by atoms with van der Waals surface area (Å²) in [4.78, 5) is 15.1. The molecule has 0 aromatic heterocycles. The third-order valence-corrected chi connectivity index (χ3v) is 3.14. The number of isocyanates is 1.